The Bertz CT molecular complexity index is 608. The molecule has 0 radical (unpaired) electrons. The smallest absolute Gasteiger partial charge is 0.165 e. The second kappa shape index (κ2) is 7.19. The lowest BCUT2D eigenvalue weighted by Gasteiger charge is -2.32. The molecule has 3 rings (SSSR count). The summed E-state index contributed by atoms with van der Waals surface area (Å²) in [5.74, 6) is 1.25. The average molecular weight is 315 g/mol. The van der Waals surface area contributed by atoms with E-state index in [1.807, 2.05) is 22.9 Å². The van der Waals surface area contributed by atoms with E-state index in [1.165, 1.54) is 5.56 Å². The van der Waals surface area contributed by atoms with Crippen molar-refractivity contribution >= 4 is 0 Å². The molecule has 1 aromatic carbocycles. The molecular weight excluding hydrogens is 290 g/mol. The van der Waals surface area contributed by atoms with E-state index in [0.717, 1.165) is 25.2 Å². The molecule has 6 heteroatoms. The van der Waals surface area contributed by atoms with Gasteiger partial charge in [0.25, 0.3) is 0 Å². The number of nitrogens with zero attached hydrogens (tertiary/aromatic N) is 5. The van der Waals surface area contributed by atoms with E-state index in [1.54, 1.807) is 0 Å². The molecule has 1 heterocycles. The van der Waals surface area contributed by atoms with Crippen molar-refractivity contribution < 1.29 is 5.11 Å². The van der Waals surface area contributed by atoms with Crippen molar-refractivity contribution in [3.8, 4) is 0 Å². The van der Waals surface area contributed by atoms with Gasteiger partial charge in [-0.15, -0.1) is 5.10 Å². The largest absolute Gasteiger partial charge is 0.395 e. The Morgan fingerprint density at radius 2 is 1.96 bits per heavy atom. The van der Waals surface area contributed by atoms with Crippen LogP contribution < -0.4 is 0 Å². The van der Waals surface area contributed by atoms with E-state index >= 15 is 0 Å². The van der Waals surface area contributed by atoms with Gasteiger partial charge in [-0.25, -0.2) is 4.68 Å². The van der Waals surface area contributed by atoms with Gasteiger partial charge in [-0.2, -0.15) is 0 Å². The maximum absolute atomic E-state index is 9.86. The van der Waals surface area contributed by atoms with Gasteiger partial charge in [0.1, 0.15) is 0 Å². The minimum atomic E-state index is 0.0829. The predicted molar refractivity (Wildman–Crippen MR) is 87.5 cm³/mol. The lowest BCUT2D eigenvalue weighted by atomic mass is 10.0. The molecular formula is C17H25N5O. The highest BCUT2D eigenvalue weighted by molar-refractivity contribution is 5.14. The van der Waals surface area contributed by atoms with Crippen LogP contribution in [0, 0.1) is 5.92 Å². The van der Waals surface area contributed by atoms with Gasteiger partial charge >= 0.3 is 0 Å². The molecule has 2 aromatic rings. The first-order valence-electron chi connectivity index (χ1n) is 8.34. The minimum absolute atomic E-state index is 0.0829. The van der Waals surface area contributed by atoms with Crippen molar-refractivity contribution in [2.24, 2.45) is 5.92 Å². The van der Waals surface area contributed by atoms with Crippen LogP contribution in [0.2, 0.25) is 0 Å². The second-order valence-electron chi connectivity index (χ2n) is 6.66. The van der Waals surface area contributed by atoms with Gasteiger partial charge in [-0.1, -0.05) is 44.2 Å². The summed E-state index contributed by atoms with van der Waals surface area (Å²) in [6.07, 6.45) is 2.31. The highest BCUT2D eigenvalue weighted by atomic mass is 16.3. The van der Waals surface area contributed by atoms with Crippen LogP contribution in [0.4, 0.5) is 0 Å². The number of aromatic nitrogens is 4. The second-order valence-corrected chi connectivity index (χ2v) is 6.66. The van der Waals surface area contributed by atoms with E-state index in [2.05, 4.69) is 46.4 Å². The van der Waals surface area contributed by atoms with Crippen LogP contribution in [-0.2, 0) is 13.1 Å². The van der Waals surface area contributed by atoms with Gasteiger partial charge in [0, 0.05) is 12.6 Å². The van der Waals surface area contributed by atoms with Crippen LogP contribution in [0.15, 0.2) is 30.3 Å². The van der Waals surface area contributed by atoms with Gasteiger partial charge < -0.3 is 5.11 Å². The summed E-state index contributed by atoms with van der Waals surface area (Å²) in [5, 5.41) is 22.1. The minimum Gasteiger partial charge on any atom is -0.395 e. The molecule has 1 N–H and O–H groups in total. The van der Waals surface area contributed by atoms with Crippen LogP contribution in [-0.4, -0.2) is 42.9 Å². The third-order valence-corrected chi connectivity index (χ3v) is 4.45. The zero-order valence-electron chi connectivity index (χ0n) is 13.8. The fraction of sp³-hybridized carbons (Fsp3) is 0.588. The van der Waals surface area contributed by atoms with Crippen molar-refractivity contribution in [1.29, 1.82) is 0 Å². The van der Waals surface area contributed by atoms with E-state index in [4.69, 9.17) is 0 Å². The third kappa shape index (κ3) is 3.95. The van der Waals surface area contributed by atoms with Crippen LogP contribution >= 0.6 is 0 Å². The Balaban J connectivity index is 1.80. The number of tetrazole rings is 1. The van der Waals surface area contributed by atoms with Gasteiger partial charge in [0.15, 0.2) is 5.82 Å². The Labute approximate surface area is 137 Å². The number of aliphatic hydroxyl groups excluding tert-OH is 1. The highest BCUT2D eigenvalue weighted by Crippen LogP contribution is 2.34. The standard InChI is InChI=1S/C17H25N5O/c1-13(2)16(12-23)21(10-14-6-4-3-5-7-14)11-17-18-19-20-22(17)15-8-9-15/h3-7,13,15-16,23H,8-12H2,1-2H3. The number of hydrogen-bond donors (Lipinski definition) is 1. The van der Waals surface area contributed by atoms with Gasteiger partial charge in [0.05, 0.1) is 19.2 Å². The molecule has 0 amide bonds. The zero-order chi connectivity index (χ0) is 16.2. The number of hydrogen-bond acceptors (Lipinski definition) is 5. The van der Waals surface area contributed by atoms with Crippen molar-refractivity contribution in [3.63, 3.8) is 0 Å². The SMILES string of the molecule is CC(C)C(CO)N(Cc1ccccc1)Cc1nnnn1C1CC1. The highest BCUT2D eigenvalue weighted by Gasteiger charge is 2.30. The van der Waals surface area contributed by atoms with E-state index in [0.29, 0.717) is 18.5 Å². The Morgan fingerprint density at radius 1 is 1.22 bits per heavy atom. The fourth-order valence-corrected chi connectivity index (χ4v) is 2.96. The molecule has 1 atom stereocenters. The quantitative estimate of drug-likeness (QED) is 0.807. The van der Waals surface area contributed by atoms with E-state index in [9.17, 15) is 5.11 Å². The topological polar surface area (TPSA) is 67.1 Å². The molecule has 6 nitrogen and oxygen atoms in total. The molecule has 0 spiro atoms. The molecule has 1 saturated carbocycles. The molecule has 124 valence electrons. The predicted octanol–water partition coefficient (Wildman–Crippen LogP) is 2.03. The average Bonchev–Trinajstić information content (AvgIpc) is 3.28. The Morgan fingerprint density at radius 3 is 2.57 bits per heavy atom. The summed E-state index contributed by atoms with van der Waals surface area (Å²) in [5.41, 5.74) is 1.23. The monoisotopic (exact) mass is 315 g/mol. The fourth-order valence-electron chi connectivity index (χ4n) is 2.96. The van der Waals surface area contributed by atoms with E-state index in [-0.39, 0.29) is 12.6 Å². The van der Waals surface area contributed by atoms with Crippen LogP contribution in [0.3, 0.4) is 0 Å². The molecule has 1 fully saturated rings. The van der Waals surface area contributed by atoms with Gasteiger partial charge in [-0.3, -0.25) is 4.90 Å². The van der Waals surface area contributed by atoms with Gasteiger partial charge in [-0.05, 0) is 34.7 Å². The van der Waals surface area contributed by atoms with Crippen LogP contribution in [0.25, 0.3) is 0 Å². The summed E-state index contributed by atoms with van der Waals surface area (Å²) >= 11 is 0. The van der Waals surface area contributed by atoms with Crippen molar-refractivity contribution in [2.45, 2.75) is 51.9 Å². The number of aliphatic hydroxyl groups is 1. The third-order valence-electron chi connectivity index (χ3n) is 4.45. The summed E-state index contributed by atoms with van der Waals surface area (Å²) in [6.45, 7) is 5.85. The van der Waals surface area contributed by atoms with Crippen molar-refractivity contribution in [2.75, 3.05) is 6.61 Å². The summed E-state index contributed by atoms with van der Waals surface area (Å²) in [4.78, 5) is 2.28. The lowest BCUT2D eigenvalue weighted by Crippen LogP contribution is -2.41. The molecule has 0 saturated heterocycles. The van der Waals surface area contributed by atoms with Gasteiger partial charge in [0.2, 0.25) is 0 Å². The Hall–Kier alpha value is -1.79. The molecule has 0 bridgehead atoms. The molecule has 23 heavy (non-hydrogen) atoms. The maximum atomic E-state index is 9.86. The first-order valence-corrected chi connectivity index (χ1v) is 8.34. The van der Waals surface area contributed by atoms with Crippen LogP contribution in [0.1, 0.15) is 44.1 Å². The molecule has 1 aliphatic carbocycles. The molecule has 0 aliphatic heterocycles. The number of rotatable bonds is 8. The Kier molecular flexibility index (Phi) is 5.03. The first kappa shape index (κ1) is 16.1. The maximum Gasteiger partial charge on any atom is 0.165 e. The normalized spacial score (nSPS) is 16.2. The molecule has 1 aromatic heterocycles. The van der Waals surface area contributed by atoms with Crippen molar-refractivity contribution in [3.05, 3.63) is 41.7 Å². The zero-order valence-corrected chi connectivity index (χ0v) is 13.8. The van der Waals surface area contributed by atoms with Crippen molar-refractivity contribution in [1.82, 2.24) is 25.1 Å². The lowest BCUT2D eigenvalue weighted by molar-refractivity contribution is 0.0750. The summed E-state index contributed by atoms with van der Waals surface area (Å²) in [7, 11) is 0. The molecule has 1 unspecified atom stereocenters. The summed E-state index contributed by atoms with van der Waals surface area (Å²) < 4.78 is 1.95. The number of benzene rings is 1. The summed E-state index contributed by atoms with van der Waals surface area (Å²) in [6, 6.07) is 10.9. The first-order chi connectivity index (χ1) is 11.2. The molecule has 1 aliphatic rings. The van der Waals surface area contributed by atoms with E-state index < -0.39 is 0 Å². The van der Waals surface area contributed by atoms with Crippen LogP contribution in [0.5, 0.6) is 0 Å².